The van der Waals surface area contributed by atoms with Crippen LogP contribution in [-0.4, -0.2) is 17.2 Å². The van der Waals surface area contributed by atoms with Crippen molar-refractivity contribution in [1.29, 1.82) is 0 Å². The number of rotatable bonds is 4. The Morgan fingerprint density at radius 2 is 2.31 bits per heavy atom. The molecule has 0 bridgehead atoms. The van der Waals surface area contributed by atoms with Crippen molar-refractivity contribution in [3.8, 4) is 0 Å². The first kappa shape index (κ1) is 11.9. The summed E-state index contributed by atoms with van der Waals surface area (Å²) in [5.41, 5.74) is 1.15. The minimum absolute atomic E-state index is 0.203. The van der Waals surface area contributed by atoms with Gasteiger partial charge >= 0.3 is 4.87 Å². The van der Waals surface area contributed by atoms with E-state index in [1.165, 1.54) is 37.1 Å². The van der Waals surface area contributed by atoms with Crippen LogP contribution < -0.4 is 10.2 Å². The van der Waals surface area contributed by atoms with Gasteiger partial charge < -0.3 is 9.88 Å². The van der Waals surface area contributed by atoms with Crippen molar-refractivity contribution in [1.82, 2.24) is 9.88 Å². The fourth-order valence-electron chi connectivity index (χ4n) is 2.34. The van der Waals surface area contributed by atoms with E-state index in [0.717, 1.165) is 23.5 Å². The molecule has 2 heterocycles. The van der Waals surface area contributed by atoms with Gasteiger partial charge in [0, 0.05) is 23.2 Å². The van der Waals surface area contributed by atoms with Crippen molar-refractivity contribution < 1.29 is 0 Å². The Balaban J connectivity index is 1.87. The van der Waals surface area contributed by atoms with Crippen LogP contribution >= 0.6 is 11.3 Å². The molecule has 1 fully saturated rings. The molecular weight excluding hydrogens is 220 g/mol. The predicted octanol–water partition coefficient (Wildman–Crippen LogP) is 2.06. The number of hydrogen-bond acceptors (Lipinski definition) is 3. The standard InChI is InChI=1S/C12H20N2OS/c1-9-10(2)16-12(15)14(9)8-4-6-11-5-3-7-13-11/h11,13H,3-8H2,1-2H3. The molecule has 1 aromatic heterocycles. The molecule has 1 aliphatic heterocycles. The Morgan fingerprint density at radius 3 is 2.88 bits per heavy atom. The maximum atomic E-state index is 11.7. The lowest BCUT2D eigenvalue weighted by molar-refractivity contribution is 0.496. The lowest BCUT2D eigenvalue weighted by Crippen LogP contribution is -2.22. The van der Waals surface area contributed by atoms with E-state index in [-0.39, 0.29) is 4.87 Å². The minimum atomic E-state index is 0.203. The Bertz CT molecular complexity index is 402. The van der Waals surface area contributed by atoms with Crippen LogP contribution in [-0.2, 0) is 6.54 Å². The summed E-state index contributed by atoms with van der Waals surface area (Å²) in [5.74, 6) is 0. The van der Waals surface area contributed by atoms with Crippen LogP contribution in [0.2, 0.25) is 0 Å². The van der Waals surface area contributed by atoms with Crippen LogP contribution in [0, 0.1) is 13.8 Å². The molecule has 0 amide bonds. The summed E-state index contributed by atoms with van der Waals surface area (Å²) in [7, 11) is 0. The van der Waals surface area contributed by atoms with E-state index < -0.39 is 0 Å². The monoisotopic (exact) mass is 240 g/mol. The second-order valence-electron chi connectivity index (χ2n) is 4.60. The Morgan fingerprint density at radius 1 is 1.50 bits per heavy atom. The maximum absolute atomic E-state index is 11.7. The zero-order chi connectivity index (χ0) is 11.5. The highest BCUT2D eigenvalue weighted by atomic mass is 32.1. The number of hydrogen-bond donors (Lipinski definition) is 1. The second kappa shape index (κ2) is 5.15. The molecule has 0 radical (unpaired) electrons. The smallest absolute Gasteiger partial charge is 0.307 e. The van der Waals surface area contributed by atoms with E-state index in [1.54, 1.807) is 0 Å². The van der Waals surface area contributed by atoms with Gasteiger partial charge in [0.1, 0.15) is 0 Å². The molecular formula is C12H20N2OS. The summed E-state index contributed by atoms with van der Waals surface area (Å²) >= 11 is 1.37. The van der Waals surface area contributed by atoms with Gasteiger partial charge in [0.25, 0.3) is 0 Å². The number of aromatic nitrogens is 1. The number of nitrogens with one attached hydrogen (secondary N) is 1. The highest BCUT2D eigenvalue weighted by Crippen LogP contribution is 2.13. The van der Waals surface area contributed by atoms with Crippen LogP contribution in [0.3, 0.4) is 0 Å². The summed E-state index contributed by atoms with van der Waals surface area (Å²) < 4.78 is 1.93. The predicted molar refractivity (Wildman–Crippen MR) is 68.3 cm³/mol. The topological polar surface area (TPSA) is 34.0 Å². The zero-order valence-corrected chi connectivity index (χ0v) is 10.9. The minimum Gasteiger partial charge on any atom is -0.314 e. The van der Waals surface area contributed by atoms with Crippen LogP contribution in [0.5, 0.6) is 0 Å². The van der Waals surface area contributed by atoms with Crippen LogP contribution in [0.15, 0.2) is 4.79 Å². The van der Waals surface area contributed by atoms with Gasteiger partial charge in [-0.25, -0.2) is 0 Å². The van der Waals surface area contributed by atoms with Crippen molar-refractivity contribution in [3.05, 3.63) is 20.2 Å². The average Bonchev–Trinajstić information content (AvgIpc) is 2.82. The molecule has 0 aromatic carbocycles. The SMILES string of the molecule is Cc1sc(=O)n(CCCC2CCCN2)c1C. The molecule has 90 valence electrons. The van der Waals surface area contributed by atoms with Gasteiger partial charge in [-0.1, -0.05) is 11.3 Å². The fraction of sp³-hybridized carbons (Fsp3) is 0.750. The van der Waals surface area contributed by atoms with Gasteiger partial charge in [-0.15, -0.1) is 0 Å². The third kappa shape index (κ3) is 2.55. The van der Waals surface area contributed by atoms with Crippen LogP contribution in [0.25, 0.3) is 0 Å². The van der Waals surface area contributed by atoms with Crippen molar-refractivity contribution in [3.63, 3.8) is 0 Å². The second-order valence-corrected chi connectivity index (χ2v) is 5.76. The largest absolute Gasteiger partial charge is 0.314 e. The van der Waals surface area contributed by atoms with Gasteiger partial charge in [0.05, 0.1) is 0 Å². The molecule has 4 heteroatoms. The van der Waals surface area contributed by atoms with Crippen molar-refractivity contribution in [2.75, 3.05) is 6.54 Å². The first-order valence-corrected chi connectivity index (χ1v) is 6.90. The van der Waals surface area contributed by atoms with Gasteiger partial charge in [0.2, 0.25) is 0 Å². The molecule has 1 unspecified atom stereocenters. The normalized spacial score (nSPS) is 20.5. The molecule has 0 saturated carbocycles. The van der Waals surface area contributed by atoms with Gasteiger partial charge in [-0.05, 0) is 46.1 Å². The Hall–Kier alpha value is -0.610. The molecule has 3 nitrogen and oxygen atoms in total. The molecule has 2 rings (SSSR count). The van der Waals surface area contributed by atoms with Gasteiger partial charge in [-0.2, -0.15) is 0 Å². The number of thiazole rings is 1. The van der Waals surface area contributed by atoms with Crippen LogP contribution in [0.1, 0.15) is 36.3 Å². The molecule has 0 aliphatic carbocycles. The fourth-order valence-corrected chi connectivity index (χ4v) is 3.20. The average molecular weight is 240 g/mol. The molecule has 0 spiro atoms. The molecule has 1 aliphatic rings. The quantitative estimate of drug-likeness (QED) is 0.874. The highest BCUT2D eigenvalue weighted by Gasteiger charge is 2.14. The van der Waals surface area contributed by atoms with E-state index in [9.17, 15) is 4.79 Å². The summed E-state index contributed by atoms with van der Waals surface area (Å²) in [6.07, 6.45) is 4.91. The Labute approximate surface area is 100 Å². The molecule has 1 N–H and O–H groups in total. The summed E-state index contributed by atoms with van der Waals surface area (Å²) in [6.45, 7) is 6.12. The van der Waals surface area contributed by atoms with Crippen molar-refractivity contribution in [2.24, 2.45) is 0 Å². The third-order valence-corrected chi connectivity index (χ3v) is 4.47. The van der Waals surface area contributed by atoms with Gasteiger partial charge in [-0.3, -0.25) is 4.79 Å². The molecule has 1 saturated heterocycles. The third-order valence-electron chi connectivity index (χ3n) is 3.47. The van der Waals surface area contributed by atoms with Gasteiger partial charge in [0.15, 0.2) is 0 Å². The lowest BCUT2D eigenvalue weighted by Gasteiger charge is -2.10. The Kier molecular flexibility index (Phi) is 3.82. The molecule has 16 heavy (non-hydrogen) atoms. The van der Waals surface area contributed by atoms with E-state index in [1.807, 2.05) is 18.4 Å². The summed E-state index contributed by atoms with van der Waals surface area (Å²) in [5, 5.41) is 3.49. The lowest BCUT2D eigenvalue weighted by atomic mass is 10.1. The zero-order valence-electron chi connectivity index (χ0n) is 10.1. The van der Waals surface area contributed by atoms with E-state index in [2.05, 4.69) is 5.32 Å². The highest BCUT2D eigenvalue weighted by molar-refractivity contribution is 7.09. The van der Waals surface area contributed by atoms with Crippen molar-refractivity contribution in [2.45, 2.75) is 52.1 Å². The van der Waals surface area contributed by atoms with E-state index >= 15 is 0 Å². The van der Waals surface area contributed by atoms with Crippen LogP contribution in [0.4, 0.5) is 0 Å². The van der Waals surface area contributed by atoms with Crippen molar-refractivity contribution >= 4 is 11.3 Å². The first-order chi connectivity index (χ1) is 7.68. The number of nitrogens with zero attached hydrogens (tertiary/aromatic N) is 1. The maximum Gasteiger partial charge on any atom is 0.307 e. The van der Waals surface area contributed by atoms with E-state index in [0.29, 0.717) is 6.04 Å². The number of aryl methyl sites for hydroxylation is 1. The van der Waals surface area contributed by atoms with E-state index in [4.69, 9.17) is 0 Å². The molecule has 1 aromatic rings. The first-order valence-electron chi connectivity index (χ1n) is 6.08. The summed E-state index contributed by atoms with van der Waals surface area (Å²) in [6, 6.07) is 0.691. The summed E-state index contributed by atoms with van der Waals surface area (Å²) in [4.78, 5) is 13.0. The molecule has 1 atom stereocenters.